The maximum atomic E-state index is 12.1. The number of nitrogens with zero attached hydrogens (tertiary/aromatic N) is 4. The zero-order chi connectivity index (χ0) is 22.2. The van der Waals surface area contributed by atoms with Gasteiger partial charge in [0.1, 0.15) is 5.82 Å². The first-order valence-electron chi connectivity index (χ1n) is 12.0. The summed E-state index contributed by atoms with van der Waals surface area (Å²) in [5.74, 6) is 1.09. The number of aromatic nitrogens is 2. The van der Waals surface area contributed by atoms with Crippen LogP contribution in [0.2, 0.25) is 0 Å². The minimum Gasteiger partial charge on any atom is -0.453 e. The summed E-state index contributed by atoms with van der Waals surface area (Å²) in [6.45, 7) is 4.47. The Morgan fingerprint density at radius 3 is 2.59 bits per heavy atom. The van der Waals surface area contributed by atoms with Gasteiger partial charge in [0.25, 0.3) is 0 Å². The first-order chi connectivity index (χ1) is 15.5. The SMILES string of the molecule is COC(=O)N1CCc2nc(C)n(C3CC4CCC(C3)N4CC[C@H](N)c3ccccc3)c2C1. The number of nitrogens with two attached hydrogens (primary N) is 1. The Morgan fingerprint density at radius 1 is 1.19 bits per heavy atom. The molecule has 4 heterocycles. The van der Waals surface area contributed by atoms with Gasteiger partial charge in [-0.3, -0.25) is 4.90 Å². The number of carbonyl (C=O) groups is 1. The number of piperidine rings is 1. The lowest BCUT2D eigenvalue weighted by Crippen LogP contribution is -2.45. The zero-order valence-electron chi connectivity index (χ0n) is 19.2. The molecule has 0 spiro atoms. The van der Waals surface area contributed by atoms with Crippen LogP contribution in [0, 0.1) is 6.92 Å². The molecule has 2 aromatic rings. The highest BCUT2D eigenvalue weighted by atomic mass is 16.5. The lowest BCUT2D eigenvalue weighted by Gasteiger charge is -2.41. The molecule has 1 aromatic heterocycles. The third kappa shape index (κ3) is 3.92. The van der Waals surface area contributed by atoms with E-state index in [4.69, 9.17) is 15.5 Å². The Hall–Kier alpha value is -2.38. The number of hydrogen-bond donors (Lipinski definition) is 1. The predicted octanol–water partition coefficient (Wildman–Crippen LogP) is 3.57. The summed E-state index contributed by atoms with van der Waals surface area (Å²) < 4.78 is 7.42. The molecule has 3 aliphatic rings. The van der Waals surface area contributed by atoms with Gasteiger partial charge >= 0.3 is 6.09 Å². The van der Waals surface area contributed by atoms with E-state index in [9.17, 15) is 4.79 Å². The van der Waals surface area contributed by atoms with E-state index in [0.717, 1.165) is 43.7 Å². The van der Waals surface area contributed by atoms with Crippen LogP contribution in [-0.4, -0.2) is 57.7 Å². The number of amides is 1. The lowest BCUT2D eigenvalue weighted by atomic mass is 9.95. The monoisotopic (exact) mass is 437 g/mol. The Kier molecular flexibility index (Phi) is 5.95. The van der Waals surface area contributed by atoms with Crippen molar-refractivity contribution in [2.75, 3.05) is 20.2 Å². The number of fused-ring (bicyclic) bond motifs is 3. The molecule has 0 saturated carbocycles. The molecule has 2 fully saturated rings. The minimum absolute atomic E-state index is 0.0977. The summed E-state index contributed by atoms with van der Waals surface area (Å²) in [5, 5.41) is 0. The van der Waals surface area contributed by atoms with Crippen molar-refractivity contribution < 1.29 is 9.53 Å². The summed E-state index contributed by atoms with van der Waals surface area (Å²) in [5.41, 5.74) is 10.1. The topological polar surface area (TPSA) is 76.6 Å². The van der Waals surface area contributed by atoms with Crippen LogP contribution >= 0.6 is 0 Å². The summed E-state index contributed by atoms with van der Waals surface area (Å²) in [7, 11) is 1.46. The van der Waals surface area contributed by atoms with E-state index in [1.165, 1.54) is 31.2 Å². The fourth-order valence-electron chi connectivity index (χ4n) is 6.26. The highest BCUT2D eigenvalue weighted by Crippen LogP contribution is 2.42. The Bertz CT molecular complexity index is 945. The van der Waals surface area contributed by atoms with Gasteiger partial charge in [-0.1, -0.05) is 30.3 Å². The maximum Gasteiger partial charge on any atom is 0.409 e. The number of methoxy groups -OCH3 is 1. The predicted molar refractivity (Wildman–Crippen MR) is 123 cm³/mol. The molecule has 7 nitrogen and oxygen atoms in total. The van der Waals surface area contributed by atoms with Gasteiger partial charge in [-0.15, -0.1) is 0 Å². The second kappa shape index (κ2) is 8.87. The van der Waals surface area contributed by atoms with Crippen LogP contribution in [0.4, 0.5) is 4.79 Å². The molecule has 172 valence electrons. The van der Waals surface area contributed by atoms with E-state index in [1.54, 1.807) is 4.90 Å². The second-order valence-corrected chi connectivity index (χ2v) is 9.62. The van der Waals surface area contributed by atoms with Crippen LogP contribution in [0.15, 0.2) is 30.3 Å². The molecule has 2 saturated heterocycles. The number of benzene rings is 1. The van der Waals surface area contributed by atoms with E-state index in [-0.39, 0.29) is 12.1 Å². The van der Waals surface area contributed by atoms with Gasteiger partial charge in [-0.2, -0.15) is 0 Å². The molecular weight excluding hydrogens is 402 g/mol. The molecule has 1 aromatic carbocycles. The van der Waals surface area contributed by atoms with Crippen LogP contribution in [0.1, 0.15) is 67.0 Å². The lowest BCUT2D eigenvalue weighted by molar-refractivity contribution is 0.0974. The van der Waals surface area contributed by atoms with Gasteiger partial charge in [-0.05, 0) is 44.6 Å². The van der Waals surface area contributed by atoms with E-state index >= 15 is 0 Å². The molecule has 3 atom stereocenters. The Morgan fingerprint density at radius 2 is 1.91 bits per heavy atom. The molecule has 0 radical (unpaired) electrons. The molecule has 7 heteroatoms. The summed E-state index contributed by atoms with van der Waals surface area (Å²) in [6, 6.07) is 12.2. The van der Waals surface area contributed by atoms with Crippen molar-refractivity contribution in [3.63, 3.8) is 0 Å². The largest absolute Gasteiger partial charge is 0.453 e. The van der Waals surface area contributed by atoms with Crippen LogP contribution < -0.4 is 5.73 Å². The van der Waals surface area contributed by atoms with Crippen LogP contribution in [0.5, 0.6) is 0 Å². The summed E-state index contributed by atoms with van der Waals surface area (Å²) in [6.07, 6.45) is 6.40. The van der Waals surface area contributed by atoms with Crippen molar-refractivity contribution in [3.05, 3.63) is 53.1 Å². The highest BCUT2D eigenvalue weighted by Gasteiger charge is 2.42. The smallest absolute Gasteiger partial charge is 0.409 e. The van der Waals surface area contributed by atoms with Gasteiger partial charge in [0.15, 0.2) is 0 Å². The number of ether oxygens (including phenoxy) is 1. The third-order valence-electron chi connectivity index (χ3n) is 7.81. The summed E-state index contributed by atoms with van der Waals surface area (Å²) in [4.78, 5) is 21.5. The summed E-state index contributed by atoms with van der Waals surface area (Å²) >= 11 is 0. The van der Waals surface area contributed by atoms with E-state index in [1.807, 2.05) is 6.07 Å². The van der Waals surface area contributed by atoms with Crippen molar-refractivity contribution >= 4 is 6.09 Å². The maximum absolute atomic E-state index is 12.1. The minimum atomic E-state index is -0.245. The number of imidazole rings is 1. The van der Waals surface area contributed by atoms with Crippen molar-refractivity contribution in [2.24, 2.45) is 5.73 Å². The normalized spacial score (nSPS) is 26.1. The van der Waals surface area contributed by atoms with Gasteiger partial charge in [0.05, 0.1) is 25.0 Å². The fraction of sp³-hybridized carbons (Fsp3) is 0.600. The second-order valence-electron chi connectivity index (χ2n) is 9.62. The quantitative estimate of drug-likeness (QED) is 0.774. The Balaban J connectivity index is 1.27. The van der Waals surface area contributed by atoms with Crippen molar-refractivity contribution in [3.8, 4) is 0 Å². The Labute approximate surface area is 190 Å². The molecular formula is C25H35N5O2. The van der Waals surface area contributed by atoms with Gasteiger partial charge in [0.2, 0.25) is 0 Å². The number of hydrogen-bond acceptors (Lipinski definition) is 5. The molecule has 2 N–H and O–H groups in total. The first-order valence-corrected chi connectivity index (χ1v) is 12.0. The average molecular weight is 438 g/mol. The van der Waals surface area contributed by atoms with Crippen LogP contribution in [-0.2, 0) is 17.7 Å². The average Bonchev–Trinajstić information content (AvgIpc) is 3.27. The number of rotatable bonds is 5. The van der Waals surface area contributed by atoms with Crippen LogP contribution in [0.3, 0.4) is 0 Å². The molecule has 5 rings (SSSR count). The molecule has 32 heavy (non-hydrogen) atoms. The van der Waals surface area contributed by atoms with Crippen molar-refractivity contribution in [2.45, 2.75) is 76.2 Å². The van der Waals surface area contributed by atoms with Gasteiger partial charge in [0, 0.05) is 43.7 Å². The van der Waals surface area contributed by atoms with E-state index in [0.29, 0.717) is 31.2 Å². The molecule has 2 unspecified atom stereocenters. The van der Waals surface area contributed by atoms with E-state index in [2.05, 4.69) is 40.7 Å². The van der Waals surface area contributed by atoms with Gasteiger partial charge < -0.3 is 19.9 Å². The van der Waals surface area contributed by atoms with Crippen LogP contribution in [0.25, 0.3) is 0 Å². The highest BCUT2D eigenvalue weighted by molar-refractivity contribution is 5.67. The van der Waals surface area contributed by atoms with Crippen molar-refractivity contribution in [1.29, 1.82) is 0 Å². The standard InChI is InChI=1S/C25H35N5O2/c1-17-27-23-11-12-28(25(31)32-2)16-24(23)30(17)21-14-19-8-9-20(15-21)29(19)13-10-22(26)18-6-4-3-5-7-18/h3-7,19-22H,8-16,26H2,1-2H3/t19?,20?,21?,22-/m0/s1. The number of aryl methyl sites for hydroxylation is 1. The molecule has 1 amide bonds. The number of carbonyl (C=O) groups excluding carboxylic acids is 1. The zero-order valence-corrected chi connectivity index (χ0v) is 19.2. The molecule has 0 aliphatic carbocycles. The molecule has 3 aliphatic heterocycles. The first kappa shape index (κ1) is 21.5. The van der Waals surface area contributed by atoms with Crippen molar-refractivity contribution in [1.82, 2.24) is 19.4 Å². The fourth-order valence-corrected chi connectivity index (χ4v) is 6.26. The molecule has 2 bridgehead atoms. The van der Waals surface area contributed by atoms with Gasteiger partial charge in [-0.25, -0.2) is 9.78 Å². The third-order valence-corrected chi connectivity index (χ3v) is 7.81. The van der Waals surface area contributed by atoms with E-state index < -0.39 is 0 Å².